The van der Waals surface area contributed by atoms with Gasteiger partial charge in [-0.3, -0.25) is 9.59 Å². The fourth-order valence-corrected chi connectivity index (χ4v) is 1.74. The van der Waals surface area contributed by atoms with Crippen LogP contribution in [0.25, 0.3) is 0 Å². The van der Waals surface area contributed by atoms with E-state index in [1.54, 1.807) is 24.3 Å². The van der Waals surface area contributed by atoms with Crippen LogP contribution in [0.4, 0.5) is 0 Å². The smallest absolute Gasteiger partial charge is 0.293 e. The Morgan fingerprint density at radius 2 is 0.929 bits per heavy atom. The van der Waals surface area contributed by atoms with Crippen molar-refractivity contribution < 1.29 is 35.8 Å². The van der Waals surface area contributed by atoms with E-state index >= 15 is 0 Å². The molecule has 2 aromatic rings. The summed E-state index contributed by atoms with van der Waals surface area (Å²) in [5.74, 6) is 0. The van der Waals surface area contributed by atoms with E-state index in [0.29, 0.717) is 12.9 Å². The van der Waals surface area contributed by atoms with Gasteiger partial charge in [-0.15, -0.1) is 0 Å². The van der Waals surface area contributed by atoms with Gasteiger partial charge in [0.15, 0.2) is 0 Å². The largest absolute Gasteiger partial charge is 0.463 e. The Morgan fingerprint density at radius 3 is 1.14 bits per heavy atom. The maximum Gasteiger partial charge on any atom is 0.293 e. The summed E-state index contributed by atoms with van der Waals surface area (Å²) in [6.07, 6.45) is 0. The molecule has 0 aromatic heterocycles. The van der Waals surface area contributed by atoms with Crippen molar-refractivity contribution in [3.05, 3.63) is 70.8 Å². The molecule has 0 spiro atoms. The van der Waals surface area contributed by atoms with Crippen molar-refractivity contribution in [2.24, 2.45) is 0 Å². The van der Waals surface area contributed by atoms with Crippen LogP contribution in [-0.2, 0) is 45.5 Å². The van der Waals surface area contributed by atoms with Crippen LogP contribution in [0.5, 0.6) is 0 Å². The second-order valence-corrected chi connectivity index (χ2v) is 4.76. The Balaban J connectivity index is -0.000000187. The SMILES string of the molecule is C.C.CO.O=COCc1ccc(COC=O)cc1.OCc1ccc(CO)cc1.[HH]. The minimum atomic E-state index is 0. The monoisotopic (exact) mass is 398 g/mol. The molecule has 0 heterocycles. The van der Waals surface area contributed by atoms with Crippen LogP contribution in [0.15, 0.2) is 48.5 Å². The van der Waals surface area contributed by atoms with Crippen LogP contribution < -0.4 is 0 Å². The minimum absolute atomic E-state index is 0. The maximum absolute atomic E-state index is 9.91. The van der Waals surface area contributed by atoms with Crippen molar-refractivity contribution in [1.29, 1.82) is 0 Å². The molecule has 0 atom stereocenters. The summed E-state index contributed by atoms with van der Waals surface area (Å²) in [6.45, 7) is 1.46. The van der Waals surface area contributed by atoms with Crippen LogP contribution in [0, 0.1) is 0 Å². The van der Waals surface area contributed by atoms with E-state index in [2.05, 4.69) is 9.47 Å². The highest BCUT2D eigenvalue weighted by Gasteiger charge is 1.95. The van der Waals surface area contributed by atoms with Gasteiger partial charge in [-0.1, -0.05) is 63.4 Å². The molecule has 0 aliphatic heterocycles. The van der Waals surface area contributed by atoms with Crippen LogP contribution >= 0.6 is 0 Å². The van der Waals surface area contributed by atoms with E-state index in [1.807, 2.05) is 24.3 Å². The Morgan fingerprint density at radius 1 is 0.679 bits per heavy atom. The Bertz CT molecular complexity index is 547. The van der Waals surface area contributed by atoms with Gasteiger partial charge >= 0.3 is 0 Å². The molecule has 2 aromatic carbocycles. The standard InChI is InChI=1S/C10H10O4.C8H10O2.CH4O.2CH4.H2/c11-7-13-5-9-1-2-10(4-3-9)6-14-8-12;9-5-7-1-2-8(6-10)4-3-7;1-2;;;/h1-4,7-8H,5-6H2;1-4,9-10H,5-6H2;2H,1H3;2*1H4;1H. The first kappa shape index (κ1) is 30.0. The molecular formula is C21H34O7. The fraction of sp³-hybridized carbons (Fsp3) is 0.333. The second kappa shape index (κ2) is 20.6. The minimum Gasteiger partial charge on any atom is -0.463 e. The lowest BCUT2D eigenvalue weighted by Gasteiger charge is -2.02. The number of hydrogen-bond acceptors (Lipinski definition) is 7. The first-order chi connectivity index (χ1) is 12.7. The zero-order chi connectivity index (χ0) is 19.6. The summed E-state index contributed by atoms with van der Waals surface area (Å²) in [7, 11) is 1.00. The molecule has 3 N–H and O–H groups in total. The van der Waals surface area contributed by atoms with Crippen LogP contribution in [0.3, 0.4) is 0 Å². The average Bonchev–Trinajstić information content (AvgIpc) is 2.73. The third-order valence-electron chi connectivity index (χ3n) is 3.05. The topological polar surface area (TPSA) is 113 Å². The van der Waals surface area contributed by atoms with E-state index in [-0.39, 0.29) is 42.7 Å². The van der Waals surface area contributed by atoms with Crippen molar-refractivity contribution in [2.45, 2.75) is 41.3 Å². The molecule has 2 rings (SSSR count). The summed E-state index contributed by atoms with van der Waals surface area (Å²) < 4.78 is 9.15. The number of ether oxygens (including phenoxy) is 2. The van der Waals surface area contributed by atoms with Gasteiger partial charge in [0, 0.05) is 8.54 Å². The number of hydrogen-bond donors (Lipinski definition) is 3. The molecule has 0 radical (unpaired) electrons. The molecule has 0 unspecified atom stereocenters. The number of aliphatic hydroxyl groups is 3. The number of carbonyl (C=O) groups is 2. The Kier molecular flexibility index (Phi) is 22.0. The molecule has 0 fully saturated rings. The number of aliphatic hydroxyl groups excluding tert-OH is 3. The summed E-state index contributed by atoms with van der Waals surface area (Å²) in [5, 5.41) is 24.3. The van der Waals surface area contributed by atoms with E-state index < -0.39 is 0 Å². The van der Waals surface area contributed by atoms with Crippen molar-refractivity contribution in [1.82, 2.24) is 0 Å². The Hall–Kier alpha value is -2.74. The molecule has 160 valence electrons. The van der Waals surface area contributed by atoms with Crippen molar-refractivity contribution in [2.75, 3.05) is 7.11 Å². The second-order valence-electron chi connectivity index (χ2n) is 4.76. The van der Waals surface area contributed by atoms with E-state index in [1.165, 1.54) is 0 Å². The zero-order valence-electron chi connectivity index (χ0n) is 14.6. The first-order valence-electron chi connectivity index (χ1n) is 7.66. The molecular weight excluding hydrogens is 364 g/mol. The molecule has 7 nitrogen and oxygen atoms in total. The molecule has 28 heavy (non-hydrogen) atoms. The highest BCUT2D eigenvalue weighted by Crippen LogP contribution is 2.06. The highest BCUT2D eigenvalue weighted by molar-refractivity contribution is 5.38. The van der Waals surface area contributed by atoms with Crippen LogP contribution in [0.1, 0.15) is 38.5 Å². The summed E-state index contributed by atoms with van der Waals surface area (Å²) in [4.78, 5) is 19.8. The van der Waals surface area contributed by atoms with E-state index in [0.717, 1.165) is 29.4 Å². The van der Waals surface area contributed by atoms with Crippen molar-refractivity contribution in [3.63, 3.8) is 0 Å². The normalized spacial score (nSPS) is 8.29. The molecule has 0 amide bonds. The molecule has 0 saturated carbocycles. The van der Waals surface area contributed by atoms with Crippen molar-refractivity contribution in [3.8, 4) is 0 Å². The number of carbonyl (C=O) groups excluding carboxylic acids is 2. The van der Waals surface area contributed by atoms with E-state index in [9.17, 15) is 9.59 Å². The van der Waals surface area contributed by atoms with E-state index in [4.69, 9.17) is 15.3 Å². The predicted octanol–water partition coefficient (Wildman–Crippen LogP) is 2.83. The van der Waals surface area contributed by atoms with Gasteiger partial charge in [-0.25, -0.2) is 0 Å². The van der Waals surface area contributed by atoms with Gasteiger partial charge in [0.25, 0.3) is 12.9 Å². The van der Waals surface area contributed by atoms with Gasteiger partial charge in [0.2, 0.25) is 0 Å². The third kappa shape index (κ3) is 13.5. The summed E-state index contributed by atoms with van der Waals surface area (Å²) >= 11 is 0. The van der Waals surface area contributed by atoms with Gasteiger partial charge in [0.1, 0.15) is 13.2 Å². The predicted molar refractivity (Wildman–Crippen MR) is 110 cm³/mol. The summed E-state index contributed by atoms with van der Waals surface area (Å²) in [6, 6.07) is 14.4. The molecule has 0 aliphatic carbocycles. The molecule has 0 saturated heterocycles. The van der Waals surface area contributed by atoms with Gasteiger partial charge in [-0.2, -0.15) is 0 Å². The quantitative estimate of drug-likeness (QED) is 0.586. The number of rotatable bonds is 8. The van der Waals surface area contributed by atoms with Gasteiger partial charge < -0.3 is 24.8 Å². The van der Waals surface area contributed by atoms with Crippen LogP contribution in [0.2, 0.25) is 0 Å². The van der Waals surface area contributed by atoms with Gasteiger partial charge in [0.05, 0.1) is 13.2 Å². The summed E-state index contributed by atoms with van der Waals surface area (Å²) in [5.41, 5.74) is 3.54. The molecule has 0 aliphatic rings. The highest BCUT2D eigenvalue weighted by atomic mass is 16.5. The lowest BCUT2D eigenvalue weighted by molar-refractivity contribution is -0.130. The number of benzene rings is 2. The third-order valence-corrected chi connectivity index (χ3v) is 3.05. The zero-order valence-corrected chi connectivity index (χ0v) is 14.6. The maximum atomic E-state index is 9.91. The lowest BCUT2D eigenvalue weighted by Crippen LogP contribution is -1.93. The fourth-order valence-electron chi connectivity index (χ4n) is 1.74. The Labute approximate surface area is 168 Å². The van der Waals surface area contributed by atoms with Gasteiger partial charge in [-0.05, 0) is 22.3 Å². The lowest BCUT2D eigenvalue weighted by atomic mass is 10.1. The average molecular weight is 398 g/mol. The first-order valence-corrected chi connectivity index (χ1v) is 7.66. The molecule has 7 heteroatoms. The molecule has 0 bridgehead atoms. The van der Waals surface area contributed by atoms with Crippen LogP contribution in [-0.4, -0.2) is 35.4 Å². The van der Waals surface area contributed by atoms with Crippen molar-refractivity contribution >= 4 is 12.9 Å².